The molecule has 100 valence electrons. The molecule has 1 aromatic rings. The summed E-state index contributed by atoms with van der Waals surface area (Å²) in [6.07, 6.45) is 1.12. The molecule has 1 saturated heterocycles. The van der Waals surface area contributed by atoms with Crippen molar-refractivity contribution < 1.29 is 0 Å². The molecule has 0 radical (unpaired) electrons. The van der Waals surface area contributed by atoms with Crippen LogP contribution in [0, 0.1) is 6.92 Å². The quantitative estimate of drug-likeness (QED) is 0.761. The van der Waals surface area contributed by atoms with E-state index >= 15 is 0 Å². The summed E-state index contributed by atoms with van der Waals surface area (Å²) in [5, 5.41) is 7.11. The van der Waals surface area contributed by atoms with Crippen molar-refractivity contribution in [1.29, 1.82) is 0 Å². The summed E-state index contributed by atoms with van der Waals surface area (Å²) in [6, 6.07) is 9.37. The Hall–Kier alpha value is -0.900. The Morgan fingerprint density at radius 1 is 1.44 bits per heavy atom. The van der Waals surface area contributed by atoms with E-state index < -0.39 is 0 Å². The molecule has 1 aliphatic rings. The predicted molar refractivity (Wildman–Crippen MR) is 77.0 cm³/mol. The molecular formula is C15H25N3. The standard InChI is InChI=1S/C15H25N3/c1-13-4-3-5-14(10-13)6-7-16-11-15-12-18(2)9-8-17-15/h3-5,10,15-17H,6-9,11-12H2,1-2H3. The van der Waals surface area contributed by atoms with Gasteiger partial charge in [0, 0.05) is 32.2 Å². The summed E-state index contributed by atoms with van der Waals surface area (Å²) in [5.41, 5.74) is 2.78. The number of rotatable bonds is 5. The number of likely N-dealkylation sites (N-methyl/N-ethyl adjacent to an activating group) is 1. The molecule has 1 aliphatic heterocycles. The van der Waals surface area contributed by atoms with Crippen LogP contribution in [0.1, 0.15) is 11.1 Å². The minimum atomic E-state index is 0.598. The van der Waals surface area contributed by atoms with Gasteiger partial charge in [0.05, 0.1) is 0 Å². The van der Waals surface area contributed by atoms with Gasteiger partial charge in [0.1, 0.15) is 0 Å². The summed E-state index contributed by atoms with van der Waals surface area (Å²) >= 11 is 0. The van der Waals surface area contributed by atoms with Gasteiger partial charge in [-0.2, -0.15) is 0 Å². The number of nitrogens with one attached hydrogen (secondary N) is 2. The van der Waals surface area contributed by atoms with Gasteiger partial charge in [0.15, 0.2) is 0 Å². The summed E-state index contributed by atoms with van der Waals surface area (Å²) < 4.78 is 0. The zero-order chi connectivity index (χ0) is 12.8. The molecule has 1 unspecified atom stereocenters. The van der Waals surface area contributed by atoms with Gasteiger partial charge < -0.3 is 15.5 Å². The van der Waals surface area contributed by atoms with Crippen molar-refractivity contribution in [1.82, 2.24) is 15.5 Å². The first-order chi connectivity index (χ1) is 8.74. The van der Waals surface area contributed by atoms with Crippen molar-refractivity contribution in [2.75, 3.05) is 39.8 Å². The van der Waals surface area contributed by atoms with Crippen molar-refractivity contribution in [3.63, 3.8) is 0 Å². The summed E-state index contributed by atoms with van der Waals surface area (Å²) in [7, 11) is 2.20. The van der Waals surface area contributed by atoms with Crippen LogP contribution in [0.2, 0.25) is 0 Å². The zero-order valence-electron chi connectivity index (χ0n) is 11.6. The third kappa shape index (κ3) is 4.41. The lowest BCUT2D eigenvalue weighted by Crippen LogP contribution is -2.53. The van der Waals surface area contributed by atoms with Gasteiger partial charge in [-0.05, 0) is 32.5 Å². The molecule has 0 aliphatic carbocycles. The molecule has 0 amide bonds. The van der Waals surface area contributed by atoms with E-state index in [1.807, 2.05) is 0 Å². The Labute approximate surface area is 111 Å². The minimum absolute atomic E-state index is 0.598. The van der Waals surface area contributed by atoms with Gasteiger partial charge in [-0.1, -0.05) is 29.8 Å². The fraction of sp³-hybridized carbons (Fsp3) is 0.600. The van der Waals surface area contributed by atoms with Gasteiger partial charge in [-0.15, -0.1) is 0 Å². The van der Waals surface area contributed by atoms with Crippen LogP contribution >= 0.6 is 0 Å². The largest absolute Gasteiger partial charge is 0.315 e. The molecule has 1 aromatic carbocycles. The molecule has 0 spiro atoms. The topological polar surface area (TPSA) is 27.3 Å². The maximum atomic E-state index is 3.55. The average molecular weight is 247 g/mol. The van der Waals surface area contributed by atoms with E-state index in [0.29, 0.717) is 6.04 Å². The smallest absolute Gasteiger partial charge is 0.0320 e. The monoisotopic (exact) mass is 247 g/mol. The summed E-state index contributed by atoms with van der Waals surface area (Å²) in [4.78, 5) is 2.39. The maximum absolute atomic E-state index is 3.55. The van der Waals surface area contributed by atoms with Gasteiger partial charge in [0.2, 0.25) is 0 Å². The first-order valence-corrected chi connectivity index (χ1v) is 6.92. The number of piperazine rings is 1. The highest BCUT2D eigenvalue weighted by Crippen LogP contribution is 2.04. The maximum Gasteiger partial charge on any atom is 0.0320 e. The highest BCUT2D eigenvalue weighted by Gasteiger charge is 2.15. The number of nitrogens with zero attached hydrogens (tertiary/aromatic N) is 1. The Balaban J connectivity index is 1.64. The number of benzene rings is 1. The second kappa shape index (κ2) is 6.88. The van der Waals surface area contributed by atoms with E-state index in [-0.39, 0.29) is 0 Å². The van der Waals surface area contributed by atoms with Crippen LogP contribution < -0.4 is 10.6 Å². The van der Waals surface area contributed by atoms with Crippen LogP contribution in [-0.2, 0) is 6.42 Å². The molecule has 0 aromatic heterocycles. The highest BCUT2D eigenvalue weighted by molar-refractivity contribution is 5.22. The van der Waals surface area contributed by atoms with Crippen LogP contribution in [0.15, 0.2) is 24.3 Å². The van der Waals surface area contributed by atoms with Gasteiger partial charge in [-0.3, -0.25) is 0 Å². The van der Waals surface area contributed by atoms with Crippen LogP contribution in [0.3, 0.4) is 0 Å². The number of hydrogen-bond donors (Lipinski definition) is 2. The minimum Gasteiger partial charge on any atom is -0.315 e. The SMILES string of the molecule is Cc1cccc(CCNCC2CN(C)CCN2)c1. The van der Waals surface area contributed by atoms with E-state index in [1.54, 1.807) is 0 Å². The lowest BCUT2D eigenvalue weighted by atomic mass is 10.1. The van der Waals surface area contributed by atoms with Crippen molar-refractivity contribution in [2.24, 2.45) is 0 Å². The predicted octanol–water partition coefficient (Wildman–Crippen LogP) is 1.03. The van der Waals surface area contributed by atoms with Crippen LogP contribution in [0.4, 0.5) is 0 Å². The van der Waals surface area contributed by atoms with Gasteiger partial charge >= 0.3 is 0 Å². The van der Waals surface area contributed by atoms with Crippen molar-refractivity contribution >= 4 is 0 Å². The van der Waals surface area contributed by atoms with E-state index in [0.717, 1.165) is 32.6 Å². The second-order valence-electron chi connectivity index (χ2n) is 5.36. The van der Waals surface area contributed by atoms with E-state index in [9.17, 15) is 0 Å². The molecule has 0 bridgehead atoms. The summed E-state index contributed by atoms with van der Waals surface area (Å²) in [6.45, 7) is 7.71. The molecule has 1 fully saturated rings. The molecule has 1 heterocycles. The first kappa shape index (κ1) is 13.5. The molecular weight excluding hydrogens is 222 g/mol. The molecule has 18 heavy (non-hydrogen) atoms. The Morgan fingerprint density at radius 2 is 2.33 bits per heavy atom. The Morgan fingerprint density at radius 3 is 3.11 bits per heavy atom. The number of aryl methyl sites for hydroxylation is 1. The number of hydrogen-bond acceptors (Lipinski definition) is 3. The molecule has 3 heteroatoms. The van der Waals surface area contributed by atoms with Crippen LogP contribution in [0.25, 0.3) is 0 Å². The molecule has 2 rings (SSSR count). The van der Waals surface area contributed by atoms with Crippen molar-refractivity contribution in [3.05, 3.63) is 35.4 Å². The average Bonchev–Trinajstić information content (AvgIpc) is 2.35. The van der Waals surface area contributed by atoms with E-state index in [4.69, 9.17) is 0 Å². The van der Waals surface area contributed by atoms with Crippen LogP contribution in [-0.4, -0.2) is 50.7 Å². The Bertz CT molecular complexity index is 365. The third-order valence-electron chi connectivity index (χ3n) is 3.52. The summed E-state index contributed by atoms with van der Waals surface area (Å²) in [5.74, 6) is 0. The fourth-order valence-electron chi connectivity index (χ4n) is 2.50. The molecule has 2 N–H and O–H groups in total. The lowest BCUT2D eigenvalue weighted by molar-refractivity contribution is 0.235. The van der Waals surface area contributed by atoms with Gasteiger partial charge in [-0.25, -0.2) is 0 Å². The Kier molecular flexibility index (Phi) is 5.17. The van der Waals surface area contributed by atoms with E-state index in [2.05, 4.69) is 53.8 Å². The molecule has 1 atom stereocenters. The molecule has 0 saturated carbocycles. The lowest BCUT2D eigenvalue weighted by Gasteiger charge is -2.31. The van der Waals surface area contributed by atoms with E-state index in [1.165, 1.54) is 17.7 Å². The van der Waals surface area contributed by atoms with Crippen molar-refractivity contribution in [2.45, 2.75) is 19.4 Å². The fourth-order valence-corrected chi connectivity index (χ4v) is 2.50. The highest BCUT2D eigenvalue weighted by atomic mass is 15.2. The third-order valence-corrected chi connectivity index (χ3v) is 3.52. The zero-order valence-corrected chi connectivity index (χ0v) is 11.6. The van der Waals surface area contributed by atoms with Crippen LogP contribution in [0.5, 0.6) is 0 Å². The first-order valence-electron chi connectivity index (χ1n) is 6.92. The molecule has 3 nitrogen and oxygen atoms in total. The normalized spacial score (nSPS) is 21.1. The second-order valence-corrected chi connectivity index (χ2v) is 5.36. The van der Waals surface area contributed by atoms with Crippen molar-refractivity contribution in [3.8, 4) is 0 Å². The van der Waals surface area contributed by atoms with Gasteiger partial charge in [0.25, 0.3) is 0 Å².